The zero-order valence-electron chi connectivity index (χ0n) is 17.2. The molecule has 1 unspecified atom stereocenters. The minimum absolute atomic E-state index is 0.140. The summed E-state index contributed by atoms with van der Waals surface area (Å²) in [6, 6.07) is 8.14. The first kappa shape index (κ1) is 20.0. The molecular formula is C22H25N2O6+. The van der Waals surface area contributed by atoms with Crippen LogP contribution in [0.15, 0.2) is 30.3 Å². The first-order chi connectivity index (χ1) is 14.5. The molecule has 2 aliphatic heterocycles. The molecule has 8 heteroatoms. The molecule has 158 valence electrons. The van der Waals surface area contributed by atoms with Gasteiger partial charge in [0.1, 0.15) is 0 Å². The highest BCUT2D eigenvalue weighted by Crippen LogP contribution is 2.47. The van der Waals surface area contributed by atoms with Crippen molar-refractivity contribution in [1.29, 1.82) is 0 Å². The van der Waals surface area contributed by atoms with Crippen molar-refractivity contribution in [2.45, 2.75) is 19.4 Å². The third-order valence-corrected chi connectivity index (χ3v) is 5.44. The molecule has 2 atom stereocenters. The lowest BCUT2D eigenvalue weighted by Crippen LogP contribution is -3.11. The van der Waals surface area contributed by atoms with Crippen LogP contribution in [0.4, 0.5) is 5.69 Å². The Bertz CT molecular complexity index is 973. The average Bonchev–Trinajstić information content (AvgIpc) is 3.21. The third-order valence-electron chi connectivity index (χ3n) is 5.44. The van der Waals surface area contributed by atoms with Gasteiger partial charge in [-0.15, -0.1) is 0 Å². The van der Waals surface area contributed by atoms with Crippen molar-refractivity contribution in [3.8, 4) is 17.2 Å². The lowest BCUT2D eigenvalue weighted by molar-refractivity contribution is -0.904. The number of quaternary nitrogens is 1. The normalized spacial score (nSPS) is 19.0. The average molecular weight is 413 g/mol. The van der Waals surface area contributed by atoms with Crippen molar-refractivity contribution in [3.63, 3.8) is 0 Å². The molecule has 2 aromatic carbocycles. The fourth-order valence-corrected chi connectivity index (χ4v) is 4.00. The number of ether oxygens (including phenoxy) is 4. The van der Waals surface area contributed by atoms with Crippen LogP contribution in [0.25, 0.3) is 0 Å². The van der Waals surface area contributed by atoms with Crippen LogP contribution in [-0.2, 0) is 16.0 Å². The number of esters is 1. The highest BCUT2D eigenvalue weighted by atomic mass is 16.7. The summed E-state index contributed by atoms with van der Waals surface area (Å²) < 4.78 is 21.8. The molecule has 30 heavy (non-hydrogen) atoms. The molecule has 2 aromatic rings. The Morgan fingerprint density at radius 1 is 1.23 bits per heavy atom. The Kier molecular flexibility index (Phi) is 5.50. The highest BCUT2D eigenvalue weighted by Gasteiger charge is 2.40. The van der Waals surface area contributed by atoms with E-state index in [4.69, 9.17) is 18.9 Å². The quantitative estimate of drug-likeness (QED) is 0.720. The van der Waals surface area contributed by atoms with Gasteiger partial charge in [0.15, 0.2) is 17.5 Å². The number of carbonyl (C=O) groups excluding carboxylic acids is 2. The zero-order valence-corrected chi connectivity index (χ0v) is 17.2. The number of methoxy groups -OCH3 is 1. The number of amides is 1. The molecule has 0 fully saturated rings. The minimum Gasteiger partial charge on any atom is -0.492 e. The molecular weight excluding hydrogens is 388 g/mol. The van der Waals surface area contributed by atoms with E-state index in [1.54, 1.807) is 38.3 Å². The van der Waals surface area contributed by atoms with Gasteiger partial charge in [0, 0.05) is 12.1 Å². The summed E-state index contributed by atoms with van der Waals surface area (Å²) >= 11 is 0. The Labute approximate surface area is 174 Å². The number of hydrogen-bond donors (Lipinski definition) is 2. The molecule has 0 radical (unpaired) electrons. The van der Waals surface area contributed by atoms with E-state index >= 15 is 0 Å². The predicted octanol–water partition coefficient (Wildman–Crippen LogP) is 1.35. The minimum atomic E-state index is -0.470. The number of rotatable bonds is 5. The molecule has 2 aliphatic rings. The molecule has 4 rings (SSSR count). The van der Waals surface area contributed by atoms with E-state index in [1.807, 2.05) is 13.1 Å². The Morgan fingerprint density at radius 3 is 2.70 bits per heavy atom. The summed E-state index contributed by atoms with van der Waals surface area (Å²) in [7, 11) is 3.56. The first-order valence-electron chi connectivity index (χ1n) is 9.93. The van der Waals surface area contributed by atoms with Gasteiger partial charge in [0.2, 0.25) is 12.5 Å². The van der Waals surface area contributed by atoms with Crippen molar-refractivity contribution in [1.82, 2.24) is 0 Å². The van der Waals surface area contributed by atoms with Crippen LogP contribution in [0.1, 0.15) is 34.5 Å². The van der Waals surface area contributed by atoms with Gasteiger partial charge in [0.25, 0.3) is 5.91 Å². The van der Waals surface area contributed by atoms with Crippen molar-refractivity contribution < 1.29 is 33.4 Å². The van der Waals surface area contributed by atoms with Crippen molar-refractivity contribution in [3.05, 3.63) is 47.0 Å². The second kappa shape index (κ2) is 8.23. The predicted molar refractivity (Wildman–Crippen MR) is 108 cm³/mol. The number of likely N-dealkylation sites (N-methyl/N-ethyl adjacent to an activating group) is 1. The molecule has 0 saturated carbocycles. The summed E-state index contributed by atoms with van der Waals surface area (Å²) in [4.78, 5) is 26.2. The van der Waals surface area contributed by atoms with E-state index in [0.29, 0.717) is 35.1 Å². The van der Waals surface area contributed by atoms with Crippen LogP contribution >= 0.6 is 0 Å². The van der Waals surface area contributed by atoms with Gasteiger partial charge in [-0.05, 0) is 42.8 Å². The molecule has 0 aliphatic carbocycles. The van der Waals surface area contributed by atoms with Gasteiger partial charge in [-0.2, -0.15) is 0 Å². The Balaban J connectivity index is 1.62. The SMILES string of the molecule is CCOC(=O)c1ccc(NC(=O)[C@H]2c3c(cc4c(c3OC)OCO4)CC[NH+]2C)cc1. The number of benzene rings is 2. The van der Waals surface area contributed by atoms with Gasteiger partial charge < -0.3 is 29.2 Å². The summed E-state index contributed by atoms with van der Waals surface area (Å²) in [6.45, 7) is 3.01. The van der Waals surface area contributed by atoms with E-state index in [2.05, 4.69) is 5.32 Å². The van der Waals surface area contributed by atoms with Gasteiger partial charge in [-0.3, -0.25) is 4.79 Å². The largest absolute Gasteiger partial charge is 0.492 e. The highest BCUT2D eigenvalue weighted by molar-refractivity contribution is 5.96. The summed E-state index contributed by atoms with van der Waals surface area (Å²) in [5.41, 5.74) is 2.90. The van der Waals surface area contributed by atoms with E-state index in [-0.39, 0.29) is 18.7 Å². The summed E-state index contributed by atoms with van der Waals surface area (Å²) in [6.07, 6.45) is 0.812. The van der Waals surface area contributed by atoms with E-state index < -0.39 is 6.04 Å². The smallest absolute Gasteiger partial charge is 0.338 e. The zero-order chi connectivity index (χ0) is 21.3. The maximum atomic E-state index is 13.3. The van der Waals surface area contributed by atoms with Crippen LogP contribution in [0.3, 0.4) is 0 Å². The first-order valence-corrected chi connectivity index (χ1v) is 9.93. The Morgan fingerprint density at radius 2 is 2.00 bits per heavy atom. The molecule has 0 aromatic heterocycles. The Hall–Kier alpha value is -3.26. The number of hydrogen-bond acceptors (Lipinski definition) is 6. The standard InChI is InChI=1S/C22H24N2O6/c1-4-28-22(26)13-5-7-15(8-6-13)23-21(25)18-17-14(9-10-24(18)2)11-16-19(20(17)27-3)30-12-29-16/h5-8,11,18H,4,9-10,12H2,1-3H3,(H,23,25)/p+1/t18-/m1/s1. The molecule has 8 nitrogen and oxygen atoms in total. The molecule has 2 N–H and O–H groups in total. The summed E-state index contributed by atoms with van der Waals surface area (Å²) in [5.74, 6) is 1.20. The van der Waals surface area contributed by atoms with Gasteiger partial charge >= 0.3 is 5.97 Å². The monoisotopic (exact) mass is 413 g/mol. The van der Waals surface area contributed by atoms with E-state index in [9.17, 15) is 9.59 Å². The molecule has 0 spiro atoms. The van der Waals surface area contributed by atoms with Crippen molar-refractivity contribution in [2.75, 3.05) is 39.4 Å². The lowest BCUT2D eigenvalue weighted by atomic mass is 9.90. The lowest BCUT2D eigenvalue weighted by Gasteiger charge is -2.32. The van der Waals surface area contributed by atoms with Crippen molar-refractivity contribution >= 4 is 17.6 Å². The molecule has 2 heterocycles. The second-order valence-corrected chi connectivity index (χ2v) is 7.28. The topological polar surface area (TPSA) is 87.5 Å². The molecule has 1 amide bonds. The van der Waals surface area contributed by atoms with Gasteiger partial charge in [-0.1, -0.05) is 0 Å². The van der Waals surface area contributed by atoms with Crippen LogP contribution in [-0.4, -0.2) is 46.0 Å². The van der Waals surface area contributed by atoms with Crippen molar-refractivity contribution in [2.24, 2.45) is 0 Å². The van der Waals surface area contributed by atoms with E-state index in [1.165, 1.54) is 0 Å². The number of carbonyl (C=O) groups is 2. The van der Waals surface area contributed by atoms with Gasteiger partial charge in [-0.25, -0.2) is 4.79 Å². The van der Waals surface area contributed by atoms with Crippen LogP contribution in [0.5, 0.6) is 17.2 Å². The molecule has 0 saturated heterocycles. The third kappa shape index (κ3) is 3.54. The second-order valence-electron chi connectivity index (χ2n) is 7.28. The summed E-state index contributed by atoms with van der Waals surface area (Å²) in [5, 5.41) is 2.96. The molecule has 0 bridgehead atoms. The van der Waals surface area contributed by atoms with Crippen LogP contribution < -0.4 is 24.4 Å². The van der Waals surface area contributed by atoms with E-state index in [0.717, 1.165) is 29.0 Å². The fraction of sp³-hybridized carbons (Fsp3) is 0.364. The van der Waals surface area contributed by atoms with Crippen LogP contribution in [0.2, 0.25) is 0 Å². The van der Waals surface area contributed by atoms with Crippen LogP contribution in [0, 0.1) is 0 Å². The fourth-order valence-electron chi connectivity index (χ4n) is 4.00. The maximum absolute atomic E-state index is 13.3. The number of nitrogens with one attached hydrogen (secondary N) is 2. The number of anilines is 1. The maximum Gasteiger partial charge on any atom is 0.338 e. The number of fused-ring (bicyclic) bond motifs is 2. The van der Waals surface area contributed by atoms with Gasteiger partial charge in [0.05, 0.1) is 38.4 Å².